The van der Waals surface area contributed by atoms with Gasteiger partial charge in [0, 0.05) is 109 Å². The summed E-state index contributed by atoms with van der Waals surface area (Å²) in [5.74, 6) is -4.26. The molecule has 0 unspecified atom stereocenters. The van der Waals surface area contributed by atoms with Crippen LogP contribution in [0.1, 0.15) is 113 Å². The molecule has 0 bridgehead atoms. The Kier molecular flexibility index (Phi) is 26.6. The maximum Gasteiger partial charge on any atom is 0.246 e. The molecule has 2 aliphatic rings. The lowest BCUT2D eigenvalue weighted by Crippen LogP contribution is -2.60. The first kappa shape index (κ1) is 73.3. The third-order valence-electron chi connectivity index (χ3n) is 17.4. The zero-order valence-corrected chi connectivity index (χ0v) is 56.2. The van der Waals surface area contributed by atoms with Gasteiger partial charge in [0.15, 0.2) is 0 Å². The highest BCUT2D eigenvalue weighted by Crippen LogP contribution is 2.32. The van der Waals surface area contributed by atoms with E-state index < -0.39 is 94.7 Å². The van der Waals surface area contributed by atoms with Gasteiger partial charge in [-0.05, 0) is 160 Å². The summed E-state index contributed by atoms with van der Waals surface area (Å²) < 4.78 is 49.6. The maximum atomic E-state index is 15.0. The summed E-state index contributed by atoms with van der Waals surface area (Å²) in [4.78, 5) is 133. The summed E-state index contributed by atoms with van der Waals surface area (Å²) in [5, 5.41) is 17.7. The van der Waals surface area contributed by atoms with Crippen molar-refractivity contribution in [3.63, 3.8) is 0 Å². The number of halogens is 3. The van der Waals surface area contributed by atoms with Crippen LogP contribution in [0, 0.1) is 17.5 Å². The Hall–Kier alpha value is -8.56. The second-order valence-corrected chi connectivity index (χ2v) is 26.8. The highest BCUT2D eigenvalue weighted by atomic mass is 32.2. The summed E-state index contributed by atoms with van der Waals surface area (Å²) in [6, 6.07) is 13.1. The van der Waals surface area contributed by atoms with Crippen LogP contribution in [-0.2, 0) is 73.9 Å². The van der Waals surface area contributed by atoms with E-state index in [1.165, 1.54) is 83.9 Å². The van der Waals surface area contributed by atoms with E-state index in [2.05, 4.69) is 41.9 Å². The summed E-state index contributed by atoms with van der Waals surface area (Å²) in [5.41, 5.74) is 14.6. The fourth-order valence-electron chi connectivity index (χ4n) is 12.3. The fourth-order valence-corrected chi connectivity index (χ4v) is 13.9. The molecule has 2 aromatic heterocycles. The van der Waals surface area contributed by atoms with E-state index in [1.54, 1.807) is 43.5 Å². The van der Waals surface area contributed by atoms with Crippen LogP contribution < -0.4 is 48.1 Å². The number of unbranched alkanes of at least 4 members (excludes halogenated alkanes) is 1. The predicted octanol–water partition coefficient (Wildman–Crippen LogP) is 6.01. The van der Waals surface area contributed by atoms with Crippen molar-refractivity contribution in [2.75, 3.05) is 44.8 Å². The maximum absolute atomic E-state index is 15.0. The molecule has 6 aromatic rings. The number of H-pyrrole nitrogens is 2. The van der Waals surface area contributed by atoms with Gasteiger partial charge < -0.3 is 67.9 Å². The molecule has 9 amide bonds. The molecule has 0 spiro atoms. The minimum atomic E-state index is -1.45. The largest absolute Gasteiger partial charge is 0.497 e. The molecule has 12 N–H and O–H groups in total. The van der Waals surface area contributed by atoms with Gasteiger partial charge in [0.2, 0.25) is 53.2 Å². The number of ether oxygens (including phenoxy) is 1. The minimum Gasteiger partial charge on any atom is -0.497 e. The van der Waals surface area contributed by atoms with Crippen LogP contribution in [0.15, 0.2) is 91.3 Å². The molecule has 516 valence electrons. The number of nitrogens with one attached hydrogen (secondary N) is 8. The van der Waals surface area contributed by atoms with E-state index in [0.29, 0.717) is 132 Å². The Morgan fingerprint density at radius 3 is 1.88 bits per heavy atom. The number of likely N-dealkylation sites (tertiary alicyclic amines) is 2. The molecule has 96 heavy (non-hydrogen) atoms. The molecule has 0 radical (unpaired) electrons. The highest BCUT2D eigenvalue weighted by Gasteiger charge is 2.47. The molecule has 4 aromatic carbocycles. The highest BCUT2D eigenvalue weighted by molar-refractivity contribution is 7.98. The first-order valence-electron chi connectivity index (χ1n) is 32.5. The van der Waals surface area contributed by atoms with E-state index in [9.17, 15) is 51.9 Å². The topological polar surface area (TPSA) is 325 Å². The van der Waals surface area contributed by atoms with Crippen molar-refractivity contribution in [2.24, 2.45) is 11.5 Å². The van der Waals surface area contributed by atoms with Crippen molar-refractivity contribution in [1.82, 2.24) is 51.7 Å². The van der Waals surface area contributed by atoms with Crippen molar-refractivity contribution in [3.05, 3.63) is 137 Å². The van der Waals surface area contributed by atoms with Gasteiger partial charge in [-0.25, -0.2) is 13.2 Å². The molecule has 0 saturated carbocycles. The van der Waals surface area contributed by atoms with Gasteiger partial charge in [-0.3, -0.25) is 43.2 Å². The summed E-state index contributed by atoms with van der Waals surface area (Å²) in [6.07, 6.45) is 6.87. The van der Waals surface area contributed by atoms with Crippen molar-refractivity contribution in [1.29, 1.82) is 0 Å². The number of methoxy groups -OCH3 is 1. The fraction of sp³-hybridized carbons (Fsp3) is 0.464. The van der Waals surface area contributed by atoms with E-state index in [-0.39, 0.29) is 62.8 Å². The molecular weight excluding hydrogens is 1280 g/mol. The number of hydrogen-bond acceptors (Lipinski definition) is 13. The Morgan fingerprint density at radius 1 is 0.656 bits per heavy atom. The van der Waals surface area contributed by atoms with E-state index >= 15 is 4.39 Å². The second-order valence-electron chi connectivity index (χ2n) is 24.6. The third kappa shape index (κ3) is 19.8. The Balaban J connectivity index is 0.835. The van der Waals surface area contributed by atoms with Crippen molar-refractivity contribution in [3.8, 4) is 5.75 Å². The lowest BCUT2D eigenvalue weighted by atomic mass is 9.96. The first-order chi connectivity index (χ1) is 46.1. The molecular formula is C69H87F3N12O10S2. The molecule has 27 heteroatoms. The first-order valence-corrected chi connectivity index (χ1v) is 34.9. The zero-order chi connectivity index (χ0) is 69.1. The number of aromatic nitrogens is 2. The molecule has 2 aliphatic heterocycles. The second kappa shape index (κ2) is 34.9. The average Bonchev–Trinajstić information content (AvgIpc) is 1.59. The van der Waals surface area contributed by atoms with E-state index in [1.807, 2.05) is 25.1 Å². The Labute approximate surface area is 564 Å². The summed E-state index contributed by atoms with van der Waals surface area (Å²) in [6.45, 7) is 6.18. The number of thioether (sulfide) groups is 2. The smallest absolute Gasteiger partial charge is 0.246 e. The molecule has 0 aliphatic carbocycles. The number of carbonyl (C=O) groups excluding carboxylic acids is 9. The van der Waals surface area contributed by atoms with Gasteiger partial charge in [-0.1, -0.05) is 25.1 Å². The number of hydrogen-bond donors (Lipinski definition) is 10. The van der Waals surface area contributed by atoms with Crippen LogP contribution in [0.4, 0.5) is 13.2 Å². The molecule has 4 heterocycles. The van der Waals surface area contributed by atoms with Gasteiger partial charge >= 0.3 is 0 Å². The molecule has 2 fully saturated rings. The number of carbonyl (C=O) groups is 9. The lowest BCUT2D eigenvalue weighted by molar-refractivity contribution is -0.146. The number of primary amides is 1. The number of nitrogens with zero attached hydrogens (tertiary/aromatic N) is 2. The van der Waals surface area contributed by atoms with Crippen molar-refractivity contribution in [2.45, 2.75) is 158 Å². The van der Waals surface area contributed by atoms with Gasteiger partial charge in [0.05, 0.1) is 7.11 Å². The van der Waals surface area contributed by atoms with Crippen molar-refractivity contribution >= 4 is 98.5 Å². The van der Waals surface area contributed by atoms with Gasteiger partial charge in [-0.2, -0.15) is 23.5 Å². The summed E-state index contributed by atoms with van der Waals surface area (Å²) >= 11 is 2.89. The number of amides is 9. The quantitative estimate of drug-likeness (QED) is 0.0204. The number of aromatic amines is 2. The summed E-state index contributed by atoms with van der Waals surface area (Å²) in [7, 11) is 1.57. The molecule has 22 nitrogen and oxygen atoms in total. The standard InChI is InChI=1S/C69H87F3N12O10S2/c1-5-10-60(85)80-57(32-42-13-17-50(94-4)18-14-42)67(92)84-26-9-22-69(84,3)68(93)75-24-28-96-40-44-29-43(30-49(72)31-44)39-95-27-21-61(86)79-55(11-6-7-23-73)64(89)78-41(2)63(88)81-56(33-45-37-76-53-19-15-47(70)35-51(45)53)65(90)82-58(66(91)83-25-8-12-59(83)62(74)87)34-46-38-77-54-20-16-48(71)36-52(46)54/h13-20,29-31,35-38,41,55-59,76-77H,5-12,21-28,32-34,39-40,73H2,1-4H3,(H2,74,87)(H,75,93)(H,78,89)(H,79,86)(H,80,85)(H,81,88)(H,82,90)/t41-,55+,56+,57+,58+,59+,69+/m1/s1. The number of benzene rings is 4. The minimum absolute atomic E-state index is 0.00788. The number of fused-ring (bicyclic) bond motifs is 2. The Bertz CT molecular complexity index is 3740. The molecule has 7 atom stereocenters. The van der Waals surface area contributed by atoms with Crippen LogP contribution in [0.25, 0.3) is 21.8 Å². The van der Waals surface area contributed by atoms with Gasteiger partial charge in [0.25, 0.3) is 0 Å². The number of nitrogens with two attached hydrogens (primary N) is 2. The van der Waals surface area contributed by atoms with Crippen LogP contribution in [0.3, 0.4) is 0 Å². The number of rotatable bonds is 35. The van der Waals surface area contributed by atoms with E-state index in [0.717, 1.165) is 11.1 Å². The van der Waals surface area contributed by atoms with Crippen molar-refractivity contribution < 1.29 is 61.1 Å². The zero-order valence-electron chi connectivity index (χ0n) is 54.6. The Morgan fingerprint density at radius 2 is 1.25 bits per heavy atom. The van der Waals surface area contributed by atoms with E-state index in [4.69, 9.17) is 16.2 Å². The predicted molar refractivity (Wildman–Crippen MR) is 363 cm³/mol. The molecule has 8 rings (SSSR count). The average molecular weight is 1370 g/mol. The van der Waals surface area contributed by atoms with Crippen LogP contribution in [0.5, 0.6) is 5.75 Å². The molecule has 2 saturated heterocycles. The normalized spacial score (nSPS) is 16.9. The monoisotopic (exact) mass is 1360 g/mol. The SMILES string of the molecule is CCCC(=O)N[C@@H](Cc1ccc(OC)cc1)C(=O)N1CCC[C@@]1(C)C(=O)NCCSCc1cc(F)cc(CSCCC(=O)N[C@@H](CCCCN)C(=O)N[C@H](C)C(=O)N[C@@H](Cc2c[nH]c3ccc(F)cc23)C(=O)N[C@@H](Cc2c[nH]c3ccc(F)cc23)C(=O)N2CCC[C@H]2C(N)=O)c1. The van der Waals surface area contributed by atoms with Crippen LogP contribution in [-0.4, -0.2) is 160 Å². The third-order valence-corrected chi connectivity index (χ3v) is 19.5. The lowest BCUT2D eigenvalue weighted by Gasteiger charge is -2.36. The van der Waals surface area contributed by atoms with Gasteiger partial charge in [-0.15, -0.1) is 0 Å². The van der Waals surface area contributed by atoms with Gasteiger partial charge in [0.1, 0.15) is 65.0 Å². The van der Waals surface area contributed by atoms with Crippen LogP contribution in [0.2, 0.25) is 0 Å². The van der Waals surface area contributed by atoms with Crippen LogP contribution >= 0.6 is 23.5 Å².